The highest BCUT2D eigenvalue weighted by Crippen LogP contribution is 2.24. The monoisotopic (exact) mass is 411 g/mol. The van der Waals surface area contributed by atoms with E-state index in [1.54, 1.807) is 49.6 Å². The van der Waals surface area contributed by atoms with Gasteiger partial charge in [-0.25, -0.2) is 8.42 Å². The van der Waals surface area contributed by atoms with Crippen molar-refractivity contribution in [2.24, 2.45) is 0 Å². The van der Waals surface area contributed by atoms with Crippen molar-refractivity contribution >= 4 is 27.3 Å². The molecule has 3 N–H and O–H groups in total. The fraction of sp³-hybridized carbons (Fsp3) is 0.0952. The molecule has 150 valence electrons. The Morgan fingerprint density at radius 2 is 1.66 bits per heavy atom. The van der Waals surface area contributed by atoms with Crippen LogP contribution in [0.5, 0.6) is 5.75 Å². The number of anilines is 2. The maximum Gasteiger partial charge on any atom is 0.268 e. The van der Waals surface area contributed by atoms with E-state index in [9.17, 15) is 13.2 Å². The molecular formula is C21H21N3O4S. The molecule has 8 heteroatoms. The van der Waals surface area contributed by atoms with Crippen molar-refractivity contribution in [2.45, 2.75) is 11.8 Å². The lowest BCUT2D eigenvalue weighted by Crippen LogP contribution is -2.41. The summed E-state index contributed by atoms with van der Waals surface area (Å²) in [5.41, 5.74) is 4.72. The van der Waals surface area contributed by atoms with Gasteiger partial charge in [0.1, 0.15) is 5.75 Å². The lowest BCUT2D eigenvalue weighted by atomic mass is 10.1. The second-order valence-corrected chi connectivity index (χ2v) is 7.96. The van der Waals surface area contributed by atoms with Gasteiger partial charge in [-0.1, -0.05) is 35.9 Å². The standard InChI is InChI=1S/C21H21N3O4S/c1-15-10-12-18(13-11-15)29(26,27)24-23-21(25)19-8-3-4-9-20(19)22-16-6-5-7-17(14-16)28-2/h3-14,22,24H,1-2H3,(H,23,25). The summed E-state index contributed by atoms with van der Waals surface area (Å²) >= 11 is 0. The largest absolute Gasteiger partial charge is 0.497 e. The molecule has 0 aliphatic heterocycles. The Hall–Kier alpha value is -3.36. The number of sulfonamides is 1. The average molecular weight is 411 g/mol. The van der Waals surface area contributed by atoms with Crippen LogP contribution >= 0.6 is 0 Å². The van der Waals surface area contributed by atoms with Crippen LogP contribution < -0.4 is 20.3 Å². The third kappa shape index (κ3) is 5.13. The predicted octanol–water partition coefficient (Wildman–Crippen LogP) is 3.37. The molecule has 0 saturated heterocycles. The van der Waals surface area contributed by atoms with E-state index < -0.39 is 15.9 Å². The van der Waals surface area contributed by atoms with Crippen LogP contribution in [0.2, 0.25) is 0 Å². The molecule has 0 aliphatic rings. The van der Waals surface area contributed by atoms with Crippen molar-refractivity contribution < 1.29 is 17.9 Å². The topological polar surface area (TPSA) is 96.5 Å². The first-order valence-corrected chi connectivity index (χ1v) is 10.3. The maximum absolute atomic E-state index is 12.6. The van der Waals surface area contributed by atoms with Gasteiger partial charge < -0.3 is 10.1 Å². The molecule has 0 bridgehead atoms. The Morgan fingerprint density at radius 1 is 0.931 bits per heavy atom. The fourth-order valence-electron chi connectivity index (χ4n) is 2.60. The van der Waals surface area contributed by atoms with Crippen molar-refractivity contribution in [3.05, 3.63) is 83.9 Å². The number of carbonyl (C=O) groups is 1. The number of rotatable bonds is 7. The molecule has 0 atom stereocenters. The molecule has 0 spiro atoms. The zero-order chi connectivity index (χ0) is 20.9. The Morgan fingerprint density at radius 3 is 2.38 bits per heavy atom. The number of nitrogens with one attached hydrogen (secondary N) is 3. The molecule has 0 heterocycles. The van der Waals surface area contributed by atoms with E-state index in [1.807, 2.05) is 25.1 Å². The zero-order valence-corrected chi connectivity index (χ0v) is 16.8. The van der Waals surface area contributed by atoms with Crippen LogP contribution in [0.4, 0.5) is 11.4 Å². The second-order valence-electron chi connectivity index (χ2n) is 6.28. The van der Waals surface area contributed by atoms with Gasteiger partial charge in [-0.3, -0.25) is 10.2 Å². The Labute approximate surface area is 169 Å². The van der Waals surface area contributed by atoms with Gasteiger partial charge in [-0.05, 0) is 43.3 Å². The molecule has 7 nitrogen and oxygen atoms in total. The van der Waals surface area contributed by atoms with Gasteiger partial charge >= 0.3 is 0 Å². The number of ether oxygens (including phenoxy) is 1. The maximum atomic E-state index is 12.6. The zero-order valence-electron chi connectivity index (χ0n) is 16.0. The third-order valence-corrected chi connectivity index (χ3v) is 5.41. The first kappa shape index (κ1) is 20.4. The summed E-state index contributed by atoms with van der Waals surface area (Å²) in [4.78, 5) is 14.8. The number of carbonyl (C=O) groups excluding carboxylic acids is 1. The molecule has 0 aliphatic carbocycles. The van der Waals surface area contributed by atoms with E-state index in [1.165, 1.54) is 12.1 Å². The van der Waals surface area contributed by atoms with Crippen LogP contribution in [-0.4, -0.2) is 21.4 Å². The highest BCUT2D eigenvalue weighted by Gasteiger charge is 2.17. The first-order valence-electron chi connectivity index (χ1n) is 8.78. The van der Waals surface area contributed by atoms with E-state index in [4.69, 9.17) is 4.74 Å². The summed E-state index contributed by atoms with van der Waals surface area (Å²) in [5, 5.41) is 3.15. The van der Waals surface area contributed by atoms with Gasteiger partial charge in [0, 0.05) is 11.8 Å². The summed E-state index contributed by atoms with van der Waals surface area (Å²) < 4.78 is 29.9. The minimum Gasteiger partial charge on any atom is -0.497 e. The Bertz CT molecular complexity index is 1110. The minimum absolute atomic E-state index is 0.0613. The van der Waals surface area contributed by atoms with Crippen LogP contribution in [0.15, 0.2) is 77.7 Å². The molecule has 0 aromatic heterocycles. The Kier molecular flexibility index (Phi) is 6.16. The van der Waals surface area contributed by atoms with Gasteiger partial charge in [0.2, 0.25) is 0 Å². The van der Waals surface area contributed by atoms with Crippen LogP contribution in [0.1, 0.15) is 15.9 Å². The second kappa shape index (κ2) is 8.76. The van der Waals surface area contributed by atoms with Gasteiger partial charge in [-0.2, -0.15) is 0 Å². The normalized spacial score (nSPS) is 11.0. The van der Waals surface area contributed by atoms with Gasteiger partial charge in [0.05, 0.1) is 23.3 Å². The number of hydrogen-bond donors (Lipinski definition) is 3. The lowest BCUT2D eigenvalue weighted by Gasteiger charge is -2.13. The summed E-state index contributed by atoms with van der Waals surface area (Å²) in [6, 6.07) is 20.4. The summed E-state index contributed by atoms with van der Waals surface area (Å²) in [7, 11) is -2.31. The number of hydrogen-bond acceptors (Lipinski definition) is 5. The summed E-state index contributed by atoms with van der Waals surface area (Å²) in [5.74, 6) is 0.0782. The minimum atomic E-state index is -3.88. The molecule has 0 fully saturated rings. The van der Waals surface area contributed by atoms with Gasteiger partial charge in [0.25, 0.3) is 15.9 Å². The van der Waals surface area contributed by atoms with Crippen molar-refractivity contribution in [3.63, 3.8) is 0 Å². The highest BCUT2D eigenvalue weighted by atomic mass is 32.2. The van der Waals surface area contributed by atoms with Crippen molar-refractivity contribution in [3.8, 4) is 5.75 Å². The number of aryl methyl sites for hydroxylation is 1. The molecule has 0 saturated carbocycles. The highest BCUT2D eigenvalue weighted by molar-refractivity contribution is 7.89. The quantitative estimate of drug-likeness (QED) is 0.518. The van der Waals surface area contributed by atoms with Crippen molar-refractivity contribution in [2.75, 3.05) is 12.4 Å². The molecule has 0 radical (unpaired) electrons. The fourth-order valence-corrected chi connectivity index (χ4v) is 3.44. The molecule has 1 amide bonds. The van der Waals surface area contributed by atoms with E-state index in [0.29, 0.717) is 11.4 Å². The van der Waals surface area contributed by atoms with Crippen LogP contribution in [0, 0.1) is 6.92 Å². The van der Waals surface area contributed by atoms with Crippen molar-refractivity contribution in [1.82, 2.24) is 10.3 Å². The summed E-state index contributed by atoms with van der Waals surface area (Å²) in [6.07, 6.45) is 0. The van der Waals surface area contributed by atoms with Crippen LogP contribution in [0.3, 0.4) is 0 Å². The molecule has 0 unspecified atom stereocenters. The molecule has 3 aromatic rings. The number of methoxy groups -OCH3 is 1. The van der Waals surface area contributed by atoms with E-state index in [-0.39, 0.29) is 10.5 Å². The van der Waals surface area contributed by atoms with Crippen LogP contribution in [-0.2, 0) is 10.0 Å². The van der Waals surface area contributed by atoms with Crippen molar-refractivity contribution in [1.29, 1.82) is 0 Å². The lowest BCUT2D eigenvalue weighted by molar-refractivity contribution is 0.0946. The Balaban J connectivity index is 1.75. The van der Waals surface area contributed by atoms with Crippen LogP contribution in [0.25, 0.3) is 0 Å². The van der Waals surface area contributed by atoms with E-state index >= 15 is 0 Å². The molecule has 29 heavy (non-hydrogen) atoms. The third-order valence-electron chi connectivity index (χ3n) is 4.15. The number of amides is 1. The number of benzene rings is 3. The molecule has 3 aromatic carbocycles. The average Bonchev–Trinajstić information content (AvgIpc) is 2.73. The number of hydrazine groups is 1. The van der Waals surface area contributed by atoms with E-state index in [0.717, 1.165) is 11.3 Å². The SMILES string of the molecule is COc1cccc(Nc2ccccc2C(=O)NNS(=O)(=O)c2ccc(C)cc2)c1. The smallest absolute Gasteiger partial charge is 0.268 e. The van der Waals surface area contributed by atoms with Gasteiger partial charge in [-0.15, -0.1) is 4.83 Å². The molecule has 3 rings (SSSR count). The molecular weight excluding hydrogens is 390 g/mol. The number of para-hydroxylation sites is 1. The van der Waals surface area contributed by atoms with E-state index in [2.05, 4.69) is 15.6 Å². The first-order chi connectivity index (χ1) is 13.9. The predicted molar refractivity (Wildman–Crippen MR) is 112 cm³/mol. The summed E-state index contributed by atoms with van der Waals surface area (Å²) in [6.45, 7) is 1.86. The van der Waals surface area contributed by atoms with Gasteiger partial charge in [0.15, 0.2) is 0 Å².